The number of aliphatic hydroxyl groups is 1. The van der Waals surface area contributed by atoms with Crippen LogP contribution in [0.3, 0.4) is 0 Å². The lowest BCUT2D eigenvalue weighted by Gasteiger charge is -2.12. The monoisotopic (exact) mass is 273 g/mol. The third kappa shape index (κ3) is 4.20. The van der Waals surface area contributed by atoms with Gasteiger partial charge in [-0.1, -0.05) is 28.1 Å². The molecule has 0 aliphatic heterocycles. The van der Waals surface area contributed by atoms with Gasteiger partial charge in [0, 0.05) is 18.0 Å². The molecule has 3 nitrogen and oxygen atoms in total. The van der Waals surface area contributed by atoms with Gasteiger partial charge in [0.15, 0.2) is 0 Å². The first-order chi connectivity index (χ1) is 7.27. The summed E-state index contributed by atoms with van der Waals surface area (Å²) < 4.78 is 5.46. The van der Waals surface area contributed by atoms with Gasteiger partial charge in [-0.25, -0.2) is 0 Å². The smallest absolute Gasteiger partial charge is 0.119 e. The fourth-order valence-corrected chi connectivity index (χ4v) is 1.46. The first kappa shape index (κ1) is 12.5. The Morgan fingerprint density at radius 3 is 2.93 bits per heavy atom. The van der Waals surface area contributed by atoms with Crippen LogP contribution in [0.15, 0.2) is 24.3 Å². The van der Waals surface area contributed by atoms with Crippen molar-refractivity contribution in [2.75, 3.05) is 18.5 Å². The molecule has 0 aromatic heterocycles. The molecular weight excluding hydrogens is 258 g/mol. The first-order valence-corrected chi connectivity index (χ1v) is 6.05. The van der Waals surface area contributed by atoms with Gasteiger partial charge in [0.1, 0.15) is 5.75 Å². The van der Waals surface area contributed by atoms with Crippen LogP contribution in [0.2, 0.25) is 0 Å². The average molecular weight is 274 g/mol. The summed E-state index contributed by atoms with van der Waals surface area (Å²) in [4.78, 5) is 0. The van der Waals surface area contributed by atoms with Crippen LogP contribution in [-0.4, -0.2) is 23.7 Å². The second-order valence-corrected chi connectivity index (χ2v) is 4.02. The Bertz CT molecular complexity index is 294. The molecule has 0 saturated carbocycles. The maximum atomic E-state index is 8.79. The molecular formula is C11H16BrNO2. The Balaban J connectivity index is 2.64. The molecule has 0 radical (unpaired) electrons. The minimum absolute atomic E-state index is 0.105. The Morgan fingerprint density at radius 1 is 1.47 bits per heavy atom. The van der Waals surface area contributed by atoms with Crippen molar-refractivity contribution in [3.05, 3.63) is 29.8 Å². The summed E-state index contributed by atoms with van der Waals surface area (Å²) in [5, 5.41) is 9.60. The largest absolute Gasteiger partial charge is 0.493 e. The summed E-state index contributed by atoms with van der Waals surface area (Å²) in [6.07, 6.45) is 0.571. The van der Waals surface area contributed by atoms with Crippen molar-refractivity contribution in [2.24, 2.45) is 5.73 Å². The van der Waals surface area contributed by atoms with Crippen LogP contribution in [0, 0.1) is 0 Å². The van der Waals surface area contributed by atoms with Gasteiger partial charge in [0.25, 0.3) is 0 Å². The molecule has 0 bridgehead atoms. The van der Waals surface area contributed by atoms with Gasteiger partial charge in [-0.2, -0.15) is 0 Å². The lowest BCUT2D eigenvalue weighted by Crippen LogP contribution is -2.12. The Kier molecular flexibility index (Phi) is 5.68. The lowest BCUT2D eigenvalue weighted by atomic mass is 10.1. The first-order valence-electron chi connectivity index (χ1n) is 4.93. The van der Waals surface area contributed by atoms with Crippen molar-refractivity contribution in [2.45, 2.75) is 12.5 Å². The molecule has 84 valence electrons. The van der Waals surface area contributed by atoms with E-state index in [1.54, 1.807) is 0 Å². The van der Waals surface area contributed by atoms with E-state index in [0.717, 1.165) is 16.6 Å². The van der Waals surface area contributed by atoms with E-state index in [1.165, 1.54) is 0 Å². The van der Waals surface area contributed by atoms with E-state index in [9.17, 15) is 0 Å². The molecule has 0 saturated heterocycles. The van der Waals surface area contributed by atoms with E-state index in [2.05, 4.69) is 15.9 Å². The molecule has 0 spiro atoms. The molecule has 0 aliphatic carbocycles. The van der Waals surface area contributed by atoms with Crippen LogP contribution in [0.25, 0.3) is 0 Å². The van der Waals surface area contributed by atoms with Gasteiger partial charge in [-0.15, -0.1) is 0 Å². The molecule has 15 heavy (non-hydrogen) atoms. The van der Waals surface area contributed by atoms with E-state index in [1.807, 2.05) is 24.3 Å². The summed E-state index contributed by atoms with van der Waals surface area (Å²) in [6.45, 7) is 0.742. The van der Waals surface area contributed by atoms with Crippen molar-refractivity contribution < 1.29 is 9.84 Å². The second kappa shape index (κ2) is 6.82. The molecule has 0 fully saturated rings. The van der Waals surface area contributed by atoms with Crippen molar-refractivity contribution >= 4 is 15.9 Å². The van der Waals surface area contributed by atoms with E-state index < -0.39 is 0 Å². The number of hydrogen-bond acceptors (Lipinski definition) is 3. The lowest BCUT2D eigenvalue weighted by molar-refractivity contribution is 0.276. The van der Waals surface area contributed by atoms with Gasteiger partial charge in [-0.3, -0.25) is 0 Å². The molecule has 0 aliphatic rings. The minimum Gasteiger partial charge on any atom is -0.493 e. The van der Waals surface area contributed by atoms with Gasteiger partial charge in [0.2, 0.25) is 0 Å². The summed E-state index contributed by atoms with van der Waals surface area (Å²) in [6, 6.07) is 7.56. The van der Waals surface area contributed by atoms with E-state index in [0.29, 0.717) is 13.0 Å². The fourth-order valence-electron chi connectivity index (χ4n) is 1.30. The molecule has 1 aromatic carbocycles. The number of hydrogen-bond donors (Lipinski definition) is 2. The molecule has 4 heteroatoms. The predicted octanol–water partition coefficient (Wildman–Crippen LogP) is 1.84. The quantitative estimate of drug-likeness (QED) is 0.778. The van der Waals surface area contributed by atoms with Crippen LogP contribution in [0.4, 0.5) is 0 Å². The van der Waals surface area contributed by atoms with Gasteiger partial charge in [0.05, 0.1) is 6.61 Å². The van der Waals surface area contributed by atoms with Gasteiger partial charge >= 0.3 is 0 Å². The van der Waals surface area contributed by atoms with E-state index in [-0.39, 0.29) is 12.6 Å². The molecule has 1 aromatic rings. The van der Waals surface area contributed by atoms with E-state index in [4.69, 9.17) is 15.6 Å². The minimum atomic E-state index is -0.123. The van der Waals surface area contributed by atoms with Crippen LogP contribution >= 0.6 is 15.9 Å². The highest BCUT2D eigenvalue weighted by Gasteiger charge is 2.05. The highest BCUT2D eigenvalue weighted by molar-refractivity contribution is 9.09. The molecule has 3 N–H and O–H groups in total. The maximum absolute atomic E-state index is 8.79. The van der Waals surface area contributed by atoms with Crippen molar-refractivity contribution in [3.63, 3.8) is 0 Å². The maximum Gasteiger partial charge on any atom is 0.119 e. The van der Waals surface area contributed by atoms with Gasteiger partial charge in [-0.05, 0) is 24.1 Å². The summed E-state index contributed by atoms with van der Waals surface area (Å²) in [5.41, 5.74) is 6.87. The average Bonchev–Trinajstić information content (AvgIpc) is 2.27. The number of halogens is 1. The third-order valence-corrected chi connectivity index (χ3v) is 2.40. The van der Waals surface area contributed by atoms with Crippen LogP contribution in [-0.2, 0) is 0 Å². The Morgan fingerprint density at radius 2 is 2.27 bits per heavy atom. The SMILES string of the molecule is NC(CCO)c1cccc(OCCBr)c1. The molecule has 1 unspecified atom stereocenters. The van der Waals surface area contributed by atoms with Crippen molar-refractivity contribution in [1.82, 2.24) is 0 Å². The zero-order valence-electron chi connectivity index (χ0n) is 8.53. The Labute approximate surface area is 98.4 Å². The van der Waals surface area contributed by atoms with E-state index >= 15 is 0 Å². The number of ether oxygens (including phenoxy) is 1. The molecule has 0 heterocycles. The highest BCUT2D eigenvalue weighted by atomic mass is 79.9. The van der Waals surface area contributed by atoms with Crippen LogP contribution in [0.5, 0.6) is 5.75 Å². The molecule has 0 amide bonds. The predicted molar refractivity (Wildman–Crippen MR) is 64.4 cm³/mol. The zero-order chi connectivity index (χ0) is 11.1. The summed E-state index contributed by atoms with van der Waals surface area (Å²) >= 11 is 3.30. The number of nitrogens with two attached hydrogens (primary N) is 1. The number of benzene rings is 1. The zero-order valence-corrected chi connectivity index (χ0v) is 10.1. The third-order valence-electron chi connectivity index (χ3n) is 2.07. The number of rotatable bonds is 6. The number of aliphatic hydroxyl groups excluding tert-OH is 1. The van der Waals surface area contributed by atoms with Crippen molar-refractivity contribution in [3.8, 4) is 5.75 Å². The topological polar surface area (TPSA) is 55.5 Å². The van der Waals surface area contributed by atoms with Crippen molar-refractivity contribution in [1.29, 1.82) is 0 Å². The summed E-state index contributed by atoms with van der Waals surface area (Å²) in [5.74, 6) is 0.820. The van der Waals surface area contributed by atoms with Crippen LogP contribution < -0.4 is 10.5 Å². The molecule has 1 rings (SSSR count). The Hall–Kier alpha value is -0.580. The second-order valence-electron chi connectivity index (χ2n) is 3.23. The molecule has 1 atom stereocenters. The standard InChI is InChI=1S/C11H16BrNO2/c12-5-7-15-10-3-1-2-9(8-10)11(13)4-6-14/h1-3,8,11,14H,4-7,13H2. The summed E-state index contributed by atoms with van der Waals surface area (Å²) in [7, 11) is 0. The normalized spacial score (nSPS) is 12.5. The highest BCUT2D eigenvalue weighted by Crippen LogP contribution is 2.19. The number of alkyl halides is 1. The van der Waals surface area contributed by atoms with Gasteiger partial charge < -0.3 is 15.6 Å². The van der Waals surface area contributed by atoms with Crippen LogP contribution in [0.1, 0.15) is 18.0 Å². The fraction of sp³-hybridized carbons (Fsp3) is 0.455.